The maximum absolute atomic E-state index is 5.76. The zero-order valence-electron chi connectivity index (χ0n) is 10.2. The van der Waals surface area contributed by atoms with Gasteiger partial charge in [-0.05, 0) is 38.0 Å². The standard InChI is InChI=1S/C13H24N2O/c1-2-11(1)10-15(12-3-4-12)7-5-13-9-14-6-8-16-13/h11-14H,1-10H2. The van der Waals surface area contributed by atoms with Gasteiger partial charge < -0.3 is 15.0 Å². The number of morpholine rings is 1. The lowest BCUT2D eigenvalue weighted by molar-refractivity contribution is 0.0166. The van der Waals surface area contributed by atoms with Gasteiger partial charge in [-0.3, -0.25) is 0 Å². The summed E-state index contributed by atoms with van der Waals surface area (Å²) in [5.74, 6) is 1.03. The smallest absolute Gasteiger partial charge is 0.0712 e. The van der Waals surface area contributed by atoms with Gasteiger partial charge in [0.1, 0.15) is 0 Å². The Balaban J connectivity index is 1.39. The minimum atomic E-state index is 0.467. The minimum Gasteiger partial charge on any atom is -0.376 e. The highest BCUT2D eigenvalue weighted by atomic mass is 16.5. The molecule has 1 aliphatic heterocycles. The van der Waals surface area contributed by atoms with Gasteiger partial charge in [-0.2, -0.15) is 0 Å². The average Bonchev–Trinajstić information content (AvgIpc) is 3.16. The second-order valence-electron chi connectivity index (χ2n) is 5.66. The quantitative estimate of drug-likeness (QED) is 0.734. The van der Waals surface area contributed by atoms with Crippen LogP contribution in [0.5, 0.6) is 0 Å². The Bertz CT molecular complexity index is 220. The van der Waals surface area contributed by atoms with Crippen molar-refractivity contribution in [1.29, 1.82) is 0 Å². The molecular weight excluding hydrogens is 200 g/mol. The largest absolute Gasteiger partial charge is 0.376 e. The third-order valence-corrected chi connectivity index (χ3v) is 4.00. The van der Waals surface area contributed by atoms with Crippen molar-refractivity contribution in [1.82, 2.24) is 10.2 Å². The SMILES string of the molecule is C1COC(CCN(CC2CC2)C2CC2)CN1. The molecule has 0 spiro atoms. The van der Waals surface area contributed by atoms with Crippen molar-refractivity contribution in [3.8, 4) is 0 Å². The van der Waals surface area contributed by atoms with Gasteiger partial charge in [0.25, 0.3) is 0 Å². The lowest BCUT2D eigenvalue weighted by Gasteiger charge is -2.27. The first-order chi connectivity index (χ1) is 7.92. The van der Waals surface area contributed by atoms with Gasteiger partial charge in [0.2, 0.25) is 0 Å². The molecular formula is C13H24N2O. The molecule has 0 aromatic heterocycles. The van der Waals surface area contributed by atoms with E-state index in [-0.39, 0.29) is 0 Å². The summed E-state index contributed by atoms with van der Waals surface area (Å²) < 4.78 is 5.76. The number of nitrogens with zero attached hydrogens (tertiary/aromatic N) is 1. The fourth-order valence-electron chi connectivity index (χ4n) is 2.61. The number of rotatable bonds is 6. The number of ether oxygens (including phenoxy) is 1. The predicted molar refractivity (Wildman–Crippen MR) is 64.5 cm³/mol. The lowest BCUT2D eigenvalue weighted by atomic mass is 10.2. The highest BCUT2D eigenvalue weighted by molar-refractivity contribution is 4.88. The number of hydrogen-bond donors (Lipinski definition) is 1. The van der Waals surface area contributed by atoms with Crippen LogP contribution in [0, 0.1) is 5.92 Å². The van der Waals surface area contributed by atoms with Crippen LogP contribution in [0.2, 0.25) is 0 Å². The fourth-order valence-corrected chi connectivity index (χ4v) is 2.61. The van der Waals surface area contributed by atoms with Crippen LogP contribution in [0.25, 0.3) is 0 Å². The van der Waals surface area contributed by atoms with Crippen molar-refractivity contribution in [2.75, 3.05) is 32.8 Å². The summed E-state index contributed by atoms with van der Waals surface area (Å²) >= 11 is 0. The molecule has 3 fully saturated rings. The van der Waals surface area contributed by atoms with Gasteiger partial charge in [0.05, 0.1) is 12.7 Å². The van der Waals surface area contributed by atoms with Gasteiger partial charge >= 0.3 is 0 Å². The van der Waals surface area contributed by atoms with E-state index in [0.29, 0.717) is 6.10 Å². The fraction of sp³-hybridized carbons (Fsp3) is 1.00. The van der Waals surface area contributed by atoms with Gasteiger partial charge in [0, 0.05) is 32.2 Å². The molecule has 92 valence electrons. The third kappa shape index (κ3) is 3.19. The highest BCUT2D eigenvalue weighted by Gasteiger charge is 2.33. The molecule has 3 aliphatic rings. The van der Waals surface area contributed by atoms with E-state index in [9.17, 15) is 0 Å². The van der Waals surface area contributed by atoms with Crippen molar-refractivity contribution < 1.29 is 4.74 Å². The van der Waals surface area contributed by atoms with Gasteiger partial charge in [-0.1, -0.05) is 0 Å². The molecule has 1 atom stereocenters. The van der Waals surface area contributed by atoms with E-state index in [1.807, 2.05) is 0 Å². The van der Waals surface area contributed by atoms with E-state index in [1.165, 1.54) is 45.2 Å². The number of nitrogens with one attached hydrogen (secondary N) is 1. The summed E-state index contributed by atoms with van der Waals surface area (Å²) in [5, 5.41) is 3.41. The Kier molecular flexibility index (Phi) is 3.46. The Morgan fingerprint density at radius 3 is 2.69 bits per heavy atom. The first-order valence-electron chi connectivity index (χ1n) is 6.98. The van der Waals surface area contributed by atoms with E-state index >= 15 is 0 Å². The molecule has 0 amide bonds. The first kappa shape index (κ1) is 11.0. The molecule has 0 aromatic rings. The molecule has 2 saturated carbocycles. The maximum atomic E-state index is 5.76. The third-order valence-electron chi connectivity index (χ3n) is 4.00. The Labute approximate surface area is 98.5 Å². The van der Waals surface area contributed by atoms with E-state index in [1.54, 1.807) is 0 Å². The van der Waals surface area contributed by atoms with Crippen molar-refractivity contribution >= 4 is 0 Å². The Morgan fingerprint density at radius 2 is 2.06 bits per heavy atom. The Morgan fingerprint density at radius 1 is 1.19 bits per heavy atom. The van der Waals surface area contributed by atoms with Crippen LogP contribution >= 0.6 is 0 Å². The van der Waals surface area contributed by atoms with Crippen molar-refractivity contribution in [3.05, 3.63) is 0 Å². The monoisotopic (exact) mass is 224 g/mol. The van der Waals surface area contributed by atoms with Crippen molar-refractivity contribution in [2.24, 2.45) is 5.92 Å². The molecule has 3 nitrogen and oxygen atoms in total. The van der Waals surface area contributed by atoms with Crippen LogP contribution in [0.4, 0.5) is 0 Å². The summed E-state index contributed by atoms with van der Waals surface area (Å²) in [6.07, 6.45) is 7.52. The van der Waals surface area contributed by atoms with Gasteiger partial charge in [0.15, 0.2) is 0 Å². The highest BCUT2D eigenvalue weighted by Crippen LogP contribution is 2.34. The van der Waals surface area contributed by atoms with E-state index in [0.717, 1.165) is 31.7 Å². The zero-order chi connectivity index (χ0) is 10.8. The maximum Gasteiger partial charge on any atom is 0.0712 e. The molecule has 1 unspecified atom stereocenters. The van der Waals surface area contributed by atoms with E-state index in [4.69, 9.17) is 4.74 Å². The minimum absolute atomic E-state index is 0.467. The molecule has 2 aliphatic carbocycles. The molecule has 0 radical (unpaired) electrons. The lowest BCUT2D eigenvalue weighted by Crippen LogP contribution is -2.41. The number of hydrogen-bond acceptors (Lipinski definition) is 3. The molecule has 0 bridgehead atoms. The van der Waals surface area contributed by atoms with Crippen molar-refractivity contribution in [2.45, 2.75) is 44.2 Å². The summed E-state index contributed by atoms with van der Waals surface area (Å²) in [6, 6.07) is 0.928. The molecule has 1 heterocycles. The zero-order valence-corrected chi connectivity index (χ0v) is 10.2. The molecule has 1 saturated heterocycles. The molecule has 1 N–H and O–H groups in total. The summed E-state index contributed by atoms with van der Waals surface area (Å²) in [4.78, 5) is 2.73. The molecule has 16 heavy (non-hydrogen) atoms. The second-order valence-corrected chi connectivity index (χ2v) is 5.66. The van der Waals surface area contributed by atoms with Gasteiger partial charge in [-0.25, -0.2) is 0 Å². The normalized spacial score (nSPS) is 30.9. The topological polar surface area (TPSA) is 24.5 Å². The summed E-state index contributed by atoms with van der Waals surface area (Å²) in [7, 11) is 0. The molecule has 3 heteroatoms. The molecule has 0 aromatic carbocycles. The van der Waals surface area contributed by atoms with Crippen molar-refractivity contribution in [3.63, 3.8) is 0 Å². The van der Waals surface area contributed by atoms with Gasteiger partial charge in [-0.15, -0.1) is 0 Å². The van der Waals surface area contributed by atoms with Crippen LogP contribution < -0.4 is 5.32 Å². The van der Waals surface area contributed by atoms with E-state index < -0.39 is 0 Å². The molecule has 3 rings (SSSR count). The van der Waals surface area contributed by atoms with Crippen LogP contribution in [0.1, 0.15) is 32.1 Å². The average molecular weight is 224 g/mol. The second kappa shape index (κ2) is 5.03. The van der Waals surface area contributed by atoms with Crippen LogP contribution in [-0.2, 0) is 4.74 Å². The van der Waals surface area contributed by atoms with Crippen LogP contribution in [0.3, 0.4) is 0 Å². The summed E-state index contributed by atoms with van der Waals surface area (Å²) in [5.41, 5.74) is 0. The van der Waals surface area contributed by atoms with Crippen LogP contribution in [0.15, 0.2) is 0 Å². The van der Waals surface area contributed by atoms with E-state index in [2.05, 4.69) is 10.2 Å². The summed E-state index contributed by atoms with van der Waals surface area (Å²) in [6.45, 7) is 5.61. The Hall–Kier alpha value is -0.120. The van der Waals surface area contributed by atoms with Crippen LogP contribution in [-0.4, -0.2) is 49.8 Å². The first-order valence-corrected chi connectivity index (χ1v) is 6.98. The predicted octanol–water partition coefficient (Wildman–Crippen LogP) is 1.24.